The molecule has 0 atom stereocenters. The molecule has 0 spiro atoms. The molecule has 68 valence electrons. The molecule has 0 saturated carbocycles. The van der Waals surface area contributed by atoms with E-state index in [0.29, 0.717) is 5.02 Å². The van der Waals surface area contributed by atoms with Gasteiger partial charge in [-0.3, -0.25) is 4.79 Å². The zero-order valence-electron chi connectivity index (χ0n) is 7.67. The summed E-state index contributed by atoms with van der Waals surface area (Å²) in [6.07, 6.45) is 3.30. The van der Waals surface area contributed by atoms with E-state index in [-0.39, 0.29) is 5.78 Å². The van der Waals surface area contributed by atoms with E-state index in [0.717, 1.165) is 11.1 Å². The van der Waals surface area contributed by atoms with Gasteiger partial charge in [-0.15, -0.1) is 0 Å². The van der Waals surface area contributed by atoms with Crippen LogP contribution in [-0.4, -0.2) is 5.78 Å². The predicted molar refractivity (Wildman–Crippen MR) is 55.9 cm³/mol. The molecule has 1 aromatic rings. The maximum Gasteiger partial charge on any atom is 0.152 e. The number of halogens is 1. The fourth-order valence-corrected chi connectivity index (χ4v) is 1.37. The minimum absolute atomic E-state index is 0.0395. The monoisotopic (exact) mass is 194 g/mol. The van der Waals surface area contributed by atoms with E-state index >= 15 is 0 Å². The second-order valence-electron chi connectivity index (χ2n) is 3.01. The molecule has 0 fully saturated rings. The second-order valence-corrected chi connectivity index (χ2v) is 3.44. The summed E-state index contributed by atoms with van der Waals surface area (Å²) in [6.45, 7) is 3.49. The molecule has 0 aliphatic carbocycles. The Morgan fingerprint density at radius 3 is 2.62 bits per heavy atom. The number of ketones is 1. The molecule has 0 aromatic heterocycles. The van der Waals surface area contributed by atoms with Crippen molar-refractivity contribution in [1.29, 1.82) is 0 Å². The third-order valence-corrected chi connectivity index (χ3v) is 1.79. The number of allylic oxidation sites excluding steroid dienone is 1. The van der Waals surface area contributed by atoms with Gasteiger partial charge in [-0.2, -0.15) is 0 Å². The van der Waals surface area contributed by atoms with Gasteiger partial charge in [0.1, 0.15) is 0 Å². The highest BCUT2D eigenvalue weighted by atomic mass is 35.5. The summed E-state index contributed by atoms with van der Waals surface area (Å²) in [7, 11) is 0. The van der Waals surface area contributed by atoms with Gasteiger partial charge in [0.2, 0.25) is 0 Å². The maximum atomic E-state index is 10.7. The van der Waals surface area contributed by atoms with Gasteiger partial charge in [0.15, 0.2) is 5.78 Å². The Hall–Kier alpha value is -1.08. The molecule has 0 amide bonds. The van der Waals surface area contributed by atoms with Gasteiger partial charge >= 0.3 is 0 Å². The lowest BCUT2D eigenvalue weighted by Crippen LogP contribution is -1.81. The van der Waals surface area contributed by atoms with E-state index in [4.69, 9.17) is 11.6 Å². The normalized spacial score (nSPS) is 10.7. The predicted octanol–water partition coefficient (Wildman–Crippen LogP) is 3.25. The lowest BCUT2D eigenvalue weighted by Gasteiger charge is -1.97. The highest BCUT2D eigenvalue weighted by Gasteiger charge is 1.93. The first-order valence-corrected chi connectivity index (χ1v) is 4.41. The molecule has 0 aliphatic heterocycles. The summed E-state index contributed by atoms with van der Waals surface area (Å²) in [5.41, 5.74) is 2.05. The minimum Gasteiger partial charge on any atom is -0.295 e. The Labute approximate surface area is 83.0 Å². The third-order valence-electron chi connectivity index (χ3n) is 1.57. The number of hydrogen-bond donors (Lipinski definition) is 0. The van der Waals surface area contributed by atoms with Crippen LogP contribution in [0.25, 0.3) is 6.08 Å². The van der Waals surface area contributed by atoms with Gasteiger partial charge in [0.05, 0.1) is 0 Å². The van der Waals surface area contributed by atoms with Crippen molar-refractivity contribution in [2.45, 2.75) is 13.8 Å². The van der Waals surface area contributed by atoms with Crippen molar-refractivity contribution in [3.63, 3.8) is 0 Å². The molecule has 1 nitrogen and oxygen atoms in total. The molecule has 0 heterocycles. The summed E-state index contributed by atoms with van der Waals surface area (Å²) in [4.78, 5) is 10.7. The van der Waals surface area contributed by atoms with E-state index in [2.05, 4.69) is 0 Å². The summed E-state index contributed by atoms with van der Waals surface area (Å²) in [5, 5.41) is 0.697. The fourth-order valence-electron chi connectivity index (χ4n) is 1.07. The van der Waals surface area contributed by atoms with Gasteiger partial charge in [0.25, 0.3) is 0 Å². The average Bonchev–Trinajstić information content (AvgIpc) is 1.99. The van der Waals surface area contributed by atoms with Crippen LogP contribution in [0.3, 0.4) is 0 Å². The molecule has 0 bridgehead atoms. The first-order chi connectivity index (χ1) is 6.08. The van der Waals surface area contributed by atoms with Crippen LogP contribution in [0.5, 0.6) is 0 Å². The topological polar surface area (TPSA) is 17.1 Å². The summed E-state index contributed by atoms with van der Waals surface area (Å²) >= 11 is 5.85. The minimum atomic E-state index is 0.0395. The molecule has 0 unspecified atom stereocenters. The van der Waals surface area contributed by atoms with Crippen LogP contribution < -0.4 is 0 Å². The van der Waals surface area contributed by atoms with Gasteiger partial charge in [-0.05, 0) is 43.2 Å². The summed E-state index contributed by atoms with van der Waals surface area (Å²) in [6, 6.07) is 5.69. The Balaban J connectivity index is 2.95. The van der Waals surface area contributed by atoms with Crippen molar-refractivity contribution in [3.8, 4) is 0 Å². The van der Waals surface area contributed by atoms with Crippen LogP contribution in [0.4, 0.5) is 0 Å². The Morgan fingerprint density at radius 2 is 2.08 bits per heavy atom. The fraction of sp³-hybridized carbons (Fsp3) is 0.182. The van der Waals surface area contributed by atoms with E-state index < -0.39 is 0 Å². The molecule has 13 heavy (non-hydrogen) atoms. The van der Waals surface area contributed by atoms with Gasteiger partial charge in [-0.25, -0.2) is 0 Å². The van der Waals surface area contributed by atoms with E-state index in [9.17, 15) is 4.79 Å². The molecule has 0 radical (unpaired) electrons. The molecular weight excluding hydrogens is 184 g/mol. The Kier molecular flexibility index (Phi) is 3.26. The van der Waals surface area contributed by atoms with E-state index in [1.165, 1.54) is 13.0 Å². The Morgan fingerprint density at radius 1 is 1.38 bits per heavy atom. The standard InChI is InChI=1S/C11H11ClO/c1-8-5-10(4-3-9(2)13)7-11(12)6-8/h3-7H,1-2H3/b4-3+. The smallest absolute Gasteiger partial charge is 0.152 e. The molecule has 1 aromatic carbocycles. The number of carbonyl (C=O) groups is 1. The first-order valence-electron chi connectivity index (χ1n) is 4.04. The molecule has 0 N–H and O–H groups in total. The van der Waals surface area contributed by atoms with Crippen LogP contribution >= 0.6 is 11.6 Å². The van der Waals surface area contributed by atoms with E-state index in [1.54, 1.807) is 6.08 Å². The molecule has 0 saturated heterocycles. The number of hydrogen-bond acceptors (Lipinski definition) is 1. The third kappa shape index (κ3) is 3.43. The van der Waals surface area contributed by atoms with Crippen LogP contribution in [0.15, 0.2) is 24.3 Å². The van der Waals surface area contributed by atoms with Crippen molar-refractivity contribution in [2.24, 2.45) is 0 Å². The van der Waals surface area contributed by atoms with Gasteiger partial charge < -0.3 is 0 Å². The Bertz CT molecular complexity index is 333. The van der Waals surface area contributed by atoms with Crippen molar-refractivity contribution in [1.82, 2.24) is 0 Å². The van der Waals surface area contributed by atoms with Crippen LogP contribution in [0.1, 0.15) is 18.1 Å². The lowest BCUT2D eigenvalue weighted by molar-refractivity contribution is -0.112. The highest BCUT2D eigenvalue weighted by Crippen LogP contribution is 2.15. The number of aryl methyl sites for hydroxylation is 1. The van der Waals surface area contributed by atoms with Gasteiger partial charge in [-0.1, -0.05) is 23.7 Å². The average molecular weight is 195 g/mol. The van der Waals surface area contributed by atoms with Crippen LogP contribution in [0.2, 0.25) is 5.02 Å². The zero-order valence-corrected chi connectivity index (χ0v) is 8.43. The lowest BCUT2D eigenvalue weighted by atomic mass is 10.1. The molecule has 0 aliphatic rings. The van der Waals surface area contributed by atoms with Crippen molar-refractivity contribution in [2.75, 3.05) is 0 Å². The second kappa shape index (κ2) is 4.24. The zero-order chi connectivity index (χ0) is 9.84. The molecule has 1 rings (SSSR count). The van der Waals surface area contributed by atoms with Gasteiger partial charge in [0, 0.05) is 5.02 Å². The number of carbonyl (C=O) groups excluding carboxylic acids is 1. The van der Waals surface area contributed by atoms with Crippen LogP contribution in [-0.2, 0) is 4.79 Å². The summed E-state index contributed by atoms with van der Waals surface area (Å²) < 4.78 is 0. The van der Waals surface area contributed by atoms with Crippen molar-refractivity contribution < 1.29 is 4.79 Å². The van der Waals surface area contributed by atoms with Crippen molar-refractivity contribution in [3.05, 3.63) is 40.4 Å². The number of benzene rings is 1. The molecule has 2 heteroatoms. The quantitative estimate of drug-likeness (QED) is 0.661. The maximum absolute atomic E-state index is 10.7. The summed E-state index contributed by atoms with van der Waals surface area (Å²) in [5.74, 6) is 0.0395. The van der Waals surface area contributed by atoms with Crippen molar-refractivity contribution >= 4 is 23.5 Å². The molecular formula is C11H11ClO. The van der Waals surface area contributed by atoms with Crippen LogP contribution in [0, 0.1) is 6.92 Å². The highest BCUT2D eigenvalue weighted by molar-refractivity contribution is 6.30. The number of rotatable bonds is 2. The largest absolute Gasteiger partial charge is 0.295 e. The first kappa shape index (κ1) is 10.0. The SMILES string of the molecule is CC(=O)/C=C/c1cc(C)cc(Cl)c1. The van der Waals surface area contributed by atoms with E-state index in [1.807, 2.05) is 25.1 Å².